The topological polar surface area (TPSA) is 55.8 Å². The Bertz CT molecular complexity index is 747. The van der Waals surface area contributed by atoms with E-state index < -0.39 is 78.3 Å². The first-order chi connectivity index (χ1) is 15.0. The van der Waals surface area contributed by atoms with Gasteiger partial charge in [0, 0.05) is 5.92 Å². The Morgan fingerprint density at radius 2 is 1.41 bits per heavy atom. The fourth-order valence-corrected chi connectivity index (χ4v) is 4.36. The van der Waals surface area contributed by atoms with E-state index in [4.69, 9.17) is 0 Å². The molecule has 0 bridgehead atoms. The highest BCUT2D eigenvalue weighted by atomic mass is 19.4. The van der Waals surface area contributed by atoms with Crippen molar-refractivity contribution in [3.05, 3.63) is 0 Å². The predicted octanol–water partition coefficient (Wildman–Crippen LogP) is 6.16. The van der Waals surface area contributed by atoms with Crippen LogP contribution in [0.1, 0.15) is 66.2 Å². The van der Waals surface area contributed by atoms with Crippen molar-refractivity contribution in [3.8, 4) is 0 Å². The molecule has 1 N–H and O–H groups in total. The van der Waals surface area contributed by atoms with Gasteiger partial charge >= 0.3 is 36.0 Å². The number of carbonyl (C=O) groups is 1. The maximum atomic E-state index is 15.9. The normalized spacial score (nSPS) is 35.1. The summed E-state index contributed by atoms with van der Waals surface area (Å²) in [5.74, 6) is -22.5. The number of hydrogen-bond donors (Lipinski definition) is 1. The largest absolute Gasteiger partial charge is 0.449 e. The predicted molar refractivity (Wildman–Crippen MR) is 95.9 cm³/mol. The second kappa shape index (κ2) is 8.10. The molecule has 2 aliphatic rings. The van der Waals surface area contributed by atoms with Gasteiger partial charge in [0.05, 0.1) is 5.41 Å². The van der Waals surface area contributed by atoms with Crippen LogP contribution in [0.2, 0.25) is 0 Å². The summed E-state index contributed by atoms with van der Waals surface area (Å²) in [6.07, 6.45) is -14.7. The summed E-state index contributed by atoms with van der Waals surface area (Å²) in [6, 6.07) is 0. The van der Waals surface area contributed by atoms with Crippen molar-refractivity contribution in [2.45, 2.75) is 107 Å². The minimum absolute atomic E-state index is 0.110. The van der Waals surface area contributed by atoms with Crippen molar-refractivity contribution in [1.82, 2.24) is 0 Å². The Morgan fingerprint density at radius 1 is 0.941 bits per heavy atom. The molecule has 14 heteroatoms. The highest BCUT2D eigenvalue weighted by Gasteiger charge is 2.97. The number of carbonyl (C=O) groups excluding carboxylic acids is 1. The first-order valence-corrected chi connectivity index (χ1v) is 10.5. The van der Waals surface area contributed by atoms with E-state index in [1.807, 2.05) is 0 Å². The van der Waals surface area contributed by atoms with Crippen LogP contribution in [0, 0.1) is 11.3 Å². The van der Waals surface area contributed by atoms with Gasteiger partial charge in [0.2, 0.25) is 11.2 Å². The molecule has 1 aliphatic heterocycles. The monoisotopic (exact) mass is 520 g/mol. The van der Waals surface area contributed by atoms with Gasteiger partial charge in [-0.05, 0) is 40.0 Å². The minimum Gasteiger partial charge on any atom is -0.445 e. The highest BCUT2D eigenvalue weighted by Crippen LogP contribution is 2.69. The Kier molecular flexibility index (Phi) is 6.89. The zero-order chi connectivity index (χ0) is 26.8. The molecular formula is C20H26F10O4. The molecule has 0 aromatic heterocycles. The summed E-state index contributed by atoms with van der Waals surface area (Å²) in [4.78, 5) is 12.7. The molecular weight excluding hydrogens is 494 g/mol. The summed E-state index contributed by atoms with van der Waals surface area (Å²) < 4.78 is 154. The summed E-state index contributed by atoms with van der Waals surface area (Å²) in [5.41, 5.74) is -12.2. The smallest absolute Gasteiger partial charge is 0.445 e. The Hall–Kier alpha value is -1.31. The molecule has 0 aromatic rings. The molecule has 3 unspecified atom stereocenters. The average Bonchev–Trinajstić information content (AvgIpc) is 2.69. The van der Waals surface area contributed by atoms with E-state index in [0.29, 0.717) is 0 Å². The molecule has 2 fully saturated rings. The third-order valence-corrected chi connectivity index (χ3v) is 7.10. The SMILES string of the molecule is CCC(C)(C)C(=O)OC1(C2CCCCC2)C(F)(F)C(C)(C(F)(F)F)OC(O)(C(F)(F)F)C1(F)F. The summed E-state index contributed by atoms with van der Waals surface area (Å²) in [6.45, 7) is 2.81. The van der Waals surface area contributed by atoms with Crippen molar-refractivity contribution in [1.29, 1.82) is 0 Å². The van der Waals surface area contributed by atoms with E-state index in [9.17, 15) is 36.2 Å². The van der Waals surface area contributed by atoms with Gasteiger partial charge in [-0.15, -0.1) is 0 Å². The lowest BCUT2D eigenvalue weighted by Gasteiger charge is -2.62. The molecule has 0 radical (unpaired) electrons. The van der Waals surface area contributed by atoms with E-state index >= 15 is 17.6 Å². The maximum Gasteiger partial charge on any atom is 0.449 e. The van der Waals surface area contributed by atoms with E-state index in [-0.39, 0.29) is 25.7 Å². The summed E-state index contributed by atoms with van der Waals surface area (Å²) in [7, 11) is 0. The third kappa shape index (κ3) is 3.60. The van der Waals surface area contributed by atoms with Gasteiger partial charge in [-0.25, -0.2) is 0 Å². The second-order valence-corrected chi connectivity index (χ2v) is 9.62. The molecule has 2 rings (SSSR count). The minimum atomic E-state index is -6.69. The molecule has 0 spiro atoms. The lowest BCUT2D eigenvalue weighted by molar-refractivity contribution is -0.560. The molecule has 0 amide bonds. The van der Waals surface area contributed by atoms with Crippen molar-refractivity contribution >= 4 is 5.97 Å². The number of rotatable bonds is 4. The van der Waals surface area contributed by atoms with Crippen LogP contribution in [0.25, 0.3) is 0 Å². The number of ether oxygens (including phenoxy) is 2. The van der Waals surface area contributed by atoms with Crippen molar-refractivity contribution in [2.75, 3.05) is 0 Å². The summed E-state index contributed by atoms with van der Waals surface area (Å²) >= 11 is 0. The van der Waals surface area contributed by atoms with E-state index in [0.717, 1.165) is 13.8 Å². The first kappa shape index (κ1) is 28.9. The van der Waals surface area contributed by atoms with Crippen molar-refractivity contribution in [3.63, 3.8) is 0 Å². The summed E-state index contributed by atoms with van der Waals surface area (Å²) in [5, 5.41) is 9.98. The molecule has 0 aromatic carbocycles. The van der Waals surface area contributed by atoms with Gasteiger partial charge in [0.25, 0.3) is 0 Å². The number of aliphatic hydroxyl groups is 1. The van der Waals surface area contributed by atoms with Crippen LogP contribution in [0.5, 0.6) is 0 Å². The standard InChI is InChI=1S/C20H26F10O4/c1-5-13(2,3)12(31)33-15(11-9-7-6-8-10-11)16(21,22)14(4,19(25,26)27)34-18(32,17(15,23)24)20(28,29)30/h11,32H,5-10H2,1-4H3. The average molecular weight is 520 g/mol. The molecule has 34 heavy (non-hydrogen) atoms. The first-order valence-electron chi connectivity index (χ1n) is 10.5. The van der Waals surface area contributed by atoms with Crippen LogP contribution in [-0.2, 0) is 14.3 Å². The van der Waals surface area contributed by atoms with E-state index in [1.54, 1.807) is 0 Å². The van der Waals surface area contributed by atoms with Gasteiger partial charge in [-0.3, -0.25) is 4.79 Å². The highest BCUT2D eigenvalue weighted by molar-refractivity contribution is 5.76. The van der Waals surface area contributed by atoms with E-state index in [2.05, 4.69) is 9.47 Å². The Labute approximate surface area is 188 Å². The van der Waals surface area contributed by atoms with E-state index in [1.165, 1.54) is 6.92 Å². The number of esters is 1. The van der Waals surface area contributed by atoms with Crippen molar-refractivity contribution in [2.24, 2.45) is 11.3 Å². The van der Waals surface area contributed by atoms with Crippen LogP contribution in [-0.4, -0.2) is 52.3 Å². The molecule has 4 nitrogen and oxygen atoms in total. The third-order valence-electron chi connectivity index (χ3n) is 7.10. The molecule has 200 valence electrons. The lowest BCUT2D eigenvalue weighted by Crippen LogP contribution is -2.89. The number of hydrogen-bond acceptors (Lipinski definition) is 4. The van der Waals surface area contributed by atoms with Crippen molar-refractivity contribution < 1.29 is 63.3 Å². The lowest BCUT2D eigenvalue weighted by atomic mass is 9.62. The fourth-order valence-electron chi connectivity index (χ4n) is 4.36. The van der Waals surface area contributed by atoms with Gasteiger partial charge in [-0.1, -0.05) is 26.2 Å². The van der Waals surface area contributed by atoms with Crippen LogP contribution < -0.4 is 0 Å². The van der Waals surface area contributed by atoms with Gasteiger partial charge in [0.1, 0.15) is 0 Å². The second-order valence-electron chi connectivity index (χ2n) is 9.62. The fraction of sp³-hybridized carbons (Fsp3) is 0.950. The van der Waals surface area contributed by atoms with Gasteiger partial charge in [0.15, 0.2) is 0 Å². The van der Waals surface area contributed by atoms with Crippen LogP contribution in [0.4, 0.5) is 43.9 Å². The quantitative estimate of drug-likeness (QED) is 0.357. The van der Waals surface area contributed by atoms with Gasteiger partial charge in [-0.2, -0.15) is 43.9 Å². The zero-order valence-electron chi connectivity index (χ0n) is 18.8. The number of alkyl halides is 10. The Balaban J connectivity index is 3.03. The molecule has 1 saturated carbocycles. The van der Waals surface area contributed by atoms with Crippen LogP contribution in [0.3, 0.4) is 0 Å². The van der Waals surface area contributed by atoms with Crippen LogP contribution >= 0.6 is 0 Å². The molecule has 3 atom stereocenters. The van der Waals surface area contributed by atoms with Crippen LogP contribution in [0.15, 0.2) is 0 Å². The zero-order valence-corrected chi connectivity index (χ0v) is 18.8. The maximum absolute atomic E-state index is 15.9. The molecule has 1 heterocycles. The van der Waals surface area contributed by atoms with Gasteiger partial charge < -0.3 is 14.6 Å². The molecule has 1 aliphatic carbocycles. The number of halogens is 10. The molecule has 1 saturated heterocycles. The Morgan fingerprint density at radius 3 is 1.79 bits per heavy atom.